The van der Waals surface area contributed by atoms with Crippen LogP contribution in [0.25, 0.3) is 0 Å². The van der Waals surface area contributed by atoms with Crippen LogP contribution in [0.4, 0.5) is 0 Å². The molecular weight excluding hydrogens is 504 g/mol. The molecular formula is C33H44N2O5. The highest BCUT2D eigenvalue weighted by molar-refractivity contribution is 6.24. The van der Waals surface area contributed by atoms with E-state index in [0.717, 1.165) is 16.7 Å². The van der Waals surface area contributed by atoms with Gasteiger partial charge < -0.3 is 15.2 Å². The largest absolute Gasteiger partial charge is 0.507 e. The van der Waals surface area contributed by atoms with Crippen molar-refractivity contribution in [3.05, 3.63) is 63.7 Å². The minimum Gasteiger partial charge on any atom is -0.507 e. The van der Waals surface area contributed by atoms with Crippen LogP contribution in [0.1, 0.15) is 130 Å². The number of benzene rings is 2. The molecule has 0 aliphatic carbocycles. The van der Waals surface area contributed by atoms with Gasteiger partial charge in [0.15, 0.2) is 0 Å². The normalized spacial score (nSPS) is 19.1. The van der Waals surface area contributed by atoms with E-state index in [9.17, 15) is 19.5 Å². The summed E-state index contributed by atoms with van der Waals surface area (Å²) >= 11 is 0. The number of fused-ring (bicyclic) bond motifs is 1. The molecule has 0 aromatic heterocycles. The number of ether oxygens (including phenoxy) is 1. The van der Waals surface area contributed by atoms with Crippen molar-refractivity contribution in [2.75, 3.05) is 0 Å². The zero-order valence-corrected chi connectivity index (χ0v) is 25.6. The fourth-order valence-corrected chi connectivity index (χ4v) is 6.40. The molecule has 0 unspecified atom stereocenters. The molecule has 1 fully saturated rings. The smallest absolute Gasteiger partial charge is 0.339 e. The maximum Gasteiger partial charge on any atom is 0.339 e. The van der Waals surface area contributed by atoms with Crippen LogP contribution in [-0.4, -0.2) is 44.9 Å². The van der Waals surface area contributed by atoms with E-state index in [0.29, 0.717) is 12.8 Å². The molecule has 0 atom stereocenters. The van der Waals surface area contributed by atoms with E-state index in [1.54, 1.807) is 18.2 Å². The lowest BCUT2D eigenvalue weighted by Gasteiger charge is -2.48. The molecule has 2 aromatic rings. The summed E-state index contributed by atoms with van der Waals surface area (Å²) in [7, 11) is 0. The minimum atomic E-state index is -0.659. The zero-order chi connectivity index (χ0) is 30.0. The average molecular weight is 549 g/mol. The van der Waals surface area contributed by atoms with Crippen LogP contribution in [0, 0.1) is 0 Å². The molecule has 4 rings (SSSR count). The van der Waals surface area contributed by atoms with E-state index in [-0.39, 0.29) is 62.9 Å². The summed E-state index contributed by atoms with van der Waals surface area (Å²) in [6.45, 7) is 20.4. The number of amides is 2. The molecule has 216 valence electrons. The molecule has 2 aromatic carbocycles. The summed E-state index contributed by atoms with van der Waals surface area (Å²) in [5, 5.41) is 14.6. The number of piperidine rings is 1. The number of phenolic OH excluding ortho intramolecular Hbond substituents is 1. The van der Waals surface area contributed by atoms with Crippen molar-refractivity contribution in [1.29, 1.82) is 0 Å². The number of imide groups is 1. The number of phenols is 1. The summed E-state index contributed by atoms with van der Waals surface area (Å²) in [5.74, 6) is -1.21. The van der Waals surface area contributed by atoms with Gasteiger partial charge in [0.2, 0.25) is 0 Å². The van der Waals surface area contributed by atoms with Crippen molar-refractivity contribution in [3.63, 3.8) is 0 Å². The van der Waals surface area contributed by atoms with Crippen molar-refractivity contribution in [1.82, 2.24) is 10.2 Å². The molecule has 7 heteroatoms. The number of hydrogen-bond acceptors (Lipinski definition) is 6. The lowest BCUT2D eigenvalue weighted by Crippen LogP contribution is -2.62. The van der Waals surface area contributed by atoms with Gasteiger partial charge in [-0.05, 0) is 92.3 Å². The predicted molar refractivity (Wildman–Crippen MR) is 156 cm³/mol. The number of esters is 1. The molecule has 2 amide bonds. The molecule has 0 saturated carbocycles. The van der Waals surface area contributed by atoms with Crippen LogP contribution < -0.4 is 5.32 Å². The van der Waals surface area contributed by atoms with Crippen molar-refractivity contribution >= 4 is 17.8 Å². The highest BCUT2D eigenvalue weighted by atomic mass is 16.5. The molecule has 1 saturated heterocycles. The number of carbonyl (C=O) groups is 3. The van der Waals surface area contributed by atoms with Crippen LogP contribution in [-0.2, 0) is 22.2 Å². The van der Waals surface area contributed by atoms with Crippen LogP contribution in [0.5, 0.6) is 5.75 Å². The highest BCUT2D eigenvalue weighted by Gasteiger charge is 2.48. The van der Waals surface area contributed by atoms with Crippen molar-refractivity contribution < 1.29 is 24.2 Å². The second kappa shape index (κ2) is 9.72. The molecule has 2 heterocycles. The van der Waals surface area contributed by atoms with Gasteiger partial charge in [-0.25, -0.2) is 4.79 Å². The van der Waals surface area contributed by atoms with E-state index in [1.165, 1.54) is 4.90 Å². The summed E-state index contributed by atoms with van der Waals surface area (Å²) in [5.41, 5.74) is 1.58. The zero-order valence-electron chi connectivity index (χ0n) is 25.6. The first-order chi connectivity index (χ1) is 18.2. The first-order valence-electron chi connectivity index (χ1n) is 14.1. The van der Waals surface area contributed by atoms with E-state index in [4.69, 9.17) is 4.74 Å². The Morgan fingerprint density at radius 2 is 1.48 bits per heavy atom. The van der Waals surface area contributed by atoms with Crippen molar-refractivity contribution in [2.45, 2.75) is 117 Å². The SMILES string of the molecule is CC1(C)CC(N2C(=O)c3cccc(C(=O)OCc4cc(C(C)(C)C)c(O)c(C(C)(C)C)c4)c3C2=O)CC(C)(C)N1. The second-order valence-corrected chi connectivity index (χ2v) is 14.8. The number of aromatic hydroxyl groups is 1. The number of hydrogen-bond donors (Lipinski definition) is 2. The average Bonchev–Trinajstić information content (AvgIpc) is 3.04. The monoisotopic (exact) mass is 548 g/mol. The predicted octanol–water partition coefficient (Wildman–Crippen LogP) is 6.25. The van der Waals surface area contributed by atoms with Gasteiger partial charge in [0.05, 0.1) is 16.7 Å². The van der Waals surface area contributed by atoms with E-state index in [2.05, 4.69) is 33.0 Å². The summed E-state index contributed by atoms with van der Waals surface area (Å²) in [4.78, 5) is 41.9. The fourth-order valence-electron chi connectivity index (χ4n) is 6.40. The van der Waals surface area contributed by atoms with E-state index in [1.807, 2.05) is 53.7 Å². The molecule has 0 spiro atoms. The molecule has 2 aliphatic rings. The standard InChI is InChI=1S/C33H44N2O5/c1-30(2,3)23-14-19(15-24(26(23)36)31(4,5)6)18-40-29(39)22-13-11-12-21-25(22)28(38)35(27(21)37)20-16-32(7,8)34-33(9,10)17-20/h11-15,20,34,36H,16-18H2,1-10H3. The molecule has 2 N–H and O–H groups in total. The Balaban J connectivity index is 1.62. The molecule has 7 nitrogen and oxygen atoms in total. The van der Waals surface area contributed by atoms with Gasteiger partial charge in [0, 0.05) is 17.1 Å². The van der Waals surface area contributed by atoms with Crippen LogP contribution >= 0.6 is 0 Å². The Kier molecular flexibility index (Phi) is 7.24. The van der Waals surface area contributed by atoms with Crippen LogP contribution in [0.3, 0.4) is 0 Å². The summed E-state index contributed by atoms with van der Waals surface area (Å²) < 4.78 is 5.73. The van der Waals surface area contributed by atoms with E-state index >= 15 is 0 Å². The lowest BCUT2D eigenvalue weighted by atomic mass is 9.78. The fraction of sp³-hybridized carbons (Fsp3) is 0.545. The second-order valence-electron chi connectivity index (χ2n) is 14.8. The molecule has 40 heavy (non-hydrogen) atoms. The maximum atomic E-state index is 13.7. The number of carbonyl (C=O) groups excluding carboxylic acids is 3. The molecule has 0 bridgehead atoms. The van der Waals surface area contributed by atoms with Gasteiger partial charge in [-0.3, -0.25) is 14.5 Å². The summed E-state index contributed by atoms with van der Waals surface area (Å²) in [6.07, 6.45) is 1.24. The van der Waals surface area contributed by atoms with Gasteiger partial charge >= 0.3 is 5.97 Å². The van der Waals surface area contributed by atoms with Gasteiger partial charge in [-0.2, -0.15) is 0 Å². The lowest BCUT2D eigenvalue weighted by molar-refractivity contribution is 0.0398. The summed E-state index contributed by atoms with van der Waals surface area (Å²) in [6, 6.07) is 8.22. The van der Waals surface area contributed by atoms with Gasteiger partial charge in [-0.1, -0.05) is 47.6 Å². The highest BCUT2D eigenvalue weighted by Crippen LogP contribution is 2.40. The third-order valence-electron chi connectivity index (χ3n) is 7.86. The Morgan fingerprint density at radius 3 is 1.98 bits per heavy atom. The number of nitrogens with one attached hydrogen (secondary N) is 1. The van der Waals surface area contributed by atoms with Gasteiger partial charge in [0.1, 0.15) is 12.4 Å². The first kappa shape index (κ1) is 29.8. The number of nitrogens with zero attached hydrogens (tertiary/aromatic N) is 1. The first-order valence-corrected chi connectivity index (χ1v) is 14.1. The van der Waals surface area contributed by atoms with Crippen LogP contribution in [0.15, 0.2) is 30.3 Å². The Bertz CT molecular complexity index is 1320. The molecule has 2 aliphatic heterocycles. The third-order valence-corrected chi connectivity index (χ3v) is 7.86. The van der Waals surface area contributed by atoms with Crippen molar-refractivity contribution in [3.8, 4) is 5.75 Å². The van der Waals surface area contributed by atoms with Gasteiger partial charge in [0.25, 0.3) is 11.8 Å². The quantitative estimate of drug-likeness (QED) is 0.346. The maximum absolute atomic E-state index is 13.7. The minimum absolute atomic E-state index is 0.0303. The van der Waals surface area contributed by atoms with Crippen molar-refractivity contribution in [2.24, 2.45) is 0 Å². The molecule has 0 radical (unpaired) electrons. The van der Waals surface area contributed by atoms with Gasteiger partial charge in [-0.15, -0.1) is 0 Å². The Labute approximate surface area is 238 Å². The number of rotatable bonds is 4. The van der Waals surface area contributed by atoms with Crippen LogP contribution in [0.2, 0.25) is 0 Å². The third kappa shape index (κ3) is 5.67. The Morgan fingerprint density at radius 1 is 0.950 bits per heavy atom. The van der Waals surface area contributed by atoms with E-state index < -0.39 is 11.9 Å². The topological polar surface area (TPSA) is 95.9 Å². The Hall–Kier alpha value is -3.19.